The van der Waals surface area contributed by atoms with Crippen molar-refractivity contribution < 1.29 is 26.6 Å². The van der Waals surface area contributed by atoms with Gasteiger partial charge in [0.15, 0.2) is 0 Å². The van der Waals surface area contributed by atoms with Crippen molar-refractivity contribution in [2.45, 2.75) is 6.42 Å². The Morgan fingerprint density at radius 2 is 1.70 bits per heavy atom. The minimum Gasteiger partial charge on any atom is -0.726 e. The van der Waals surface area contributed by atoms with E-state index < -0.39 is 15.3 Å². The molecule has 2 rings (SSSR count). The minimum absolute atomic E-state index is 0.0710. The molecule has 0 unspecified atom stereocenters. The van der Waals surface area contributed by atoms with Gasteiger partial charge in [-0.05, 0) is 36.7 Å². The van der Waals surface area contributed by atoms with Crippen LogP contribution >= 0.6 is 11.6 Å². The van der Waals surface area contributed by atoms with Gasteiger partial charge in [-0.25, -0.2) is 8.42 Å². The zero-order chi connectivity index (χ0) is 25.1. The first-order valence-corrected chi connectivity index (χ1v) is 11.5. The van der Waals surface area contributed by atoms with Crippen molar-refractivity contribution in [3.63, 3.8) is 0 Å². The van der Waals surface area contributed by atoms with Gasteiger partial charge in [0.25, 0.3) is 5.69 Å². The molecule has 13 heteroatoms. The molecule has 0 aliphatic heterocycles. The van der Waals surface area contributed by atoms with Crippen molar-refractivity contribution in [2.24, 2.45) is 10.2 Å². The summed E-state index contributed by atoms with van der Waals surface area (Å²) in [7, 11) is 2.93. The lowest BCUT2D eigenvalue weighted by Gasteiger charge is -2.23. The first-order valence-electron chi connectivity index (χ1n) is 9.78. The Hall–Kier alpha value is -2.48. The molecule has 0 bridgehead atoms. The van der Waals surface area contributed by atoms with Crippen LogP contribution in [0.15, 0.2) is 52.7 Å². The van der Waals surface area contributed by atoms with E-state index in [2.05, 4.69) is 40.9 Å². The van der Waals surface area contributed by atoms with Crippen LogP contribution < -0.4 is 5.32 Å². The highest BCUT2D eigenvalue weighted by molar-refractivity contribution is 7.80. The molecule has 1 N–H and O–H groups in total. The molecular formula is C20H28ClN5O6S. The van der Waals surface area contributed by atoms with Gasteiger partial charge in [0.2, 0.25) is 10.4 Å². The normalized spacial score (nSPS) is 11.8. The Labute approximate surface area is 198 Å². The van der Waals surface area contributed by atoms with Crippen LogP contribution in [0.2, 0.25) is 5.02 Å². The van der Waals surface area contributed by atoms with E-state index in [1.807, 2.05) is 24.3 Å². The molecular weight excluding hydrogens is 474 g/mol. The van der Waals surface area contributed by atoms with Crippen LogP contribution in [0.4, 0.5) is 17.1 Å². The van der Waals surface area contributed by atoms with Crippen molar-refractivity contribution in [2.75, 3.05) is 47.9 Å². The average molecular weight is 502 g/mol. The first kappa shape index (κ1) is 28.6. The fraction of sp³-hybridized carbons (Fsp3) is 0.400. The van der Waals surface area contributed by atoms with E-state index in [9.17, 15) is 23.1 Å². The zero-order valence-electron chi connectivity index (χ0n) is 18.9. The Morgan fingerprint density at radius 3 is 2.18 bits per heavy atom. The van der Waals surface area contributed by atoms with E-state index in [4.69, 9.17) is 11.6 Å². The number of non-ortho nitro benzene ring substituents is 1. The van der Waals surface area contributed by atoms with Crippen LogP contribution in [0.1, 0.15) is 5.56 Å². The molecule has 0 saturated heterocycles. The molecule has 0 radical (unpaired) electrons. The Morgan fingerprint density at radius 1 is 1.09 bits per heavy atom. The van der Waals surface area contributed by atoms with Gasteiger partial charge in [-0.2, -0.15) is 5.11 Å². The molecule has 2 aromatic carbocycles. The molecule has 33 heavy (non-hydrogen) atoms. The molecule has 2 aromatic rings. The molecule has 0 amide bonds. The van der Waals surface area contributed by atoms with E-state index >= 15 is 0 Å². The summed E-state index contributed by atoms with van der Waals surface area (Å²) in [5.41, 5.74) is 2.25. The number of benzene rings is 2. The van der Waals surface area contributed by atoms with Crippen LogP contribution in [0.5, 0.6) is 0 Å². The van der Waals surface area contributed by atoms with Gasteiger partial charge >= 0.3 is 0 Å². The highest BCUT2D eigenvalue weighted by atomic mass is 35.5. The second-order valence-corrected chi connectivity index (χ2v) is 9.41. The standard InChI is InChI=1S/C19H25ClN5O2.CH4O4S/c1-25(2,3)13-12-21-11-10-15-4-6-16(7-5-15)22-23-19-9-8-17(24(26)27)14-18(19)20;1-5-6(2,3)4/h4-9,14,21H,10-13H2,1-3H3;1H3,(H,2,3,4)/q+1;/p-1. The van der Waals surface area contributed by atoms with Gasteiger partial charge in [-0.15, -0.1) is 5.11 Å². The fourth-order valence-electron chi connectivity index (χ4n) is 2.30. The van der Waals surface area contributed by atoms with Crippen LogP contribution in [0.3, 0.4) is 0 Å². The van der Waals surface area contributed by atoms with E-state index in [-0.39, 0.29) is 10.7 Å². The maximum Gasteiger partial charge on any atom is 0.271 e. The van der Waals surface area contributed by atoms with E-state index in [1.165, 1.54) is 23.8 Å². The van der Waals surface area contributed by atoms with Gasteiger partial charge in [0.1, 0.15) is 5.69 Å². The predicted octanol–water partition coefficient (Wildman–Crippen LogP) is 3.59. The molecule has 0 aliphatic carbocycles. The summed E-state index contributed by atoms with van der Waals surface area (Å²) in [4.78, 5) is 10.2. The van der Waals surface area contributed by atoms with Gasteiger partial charge in [0.05, 0.1) is 50.4 Å². The minimum atomic E-state index is -4.41. The van der Waals surface area contributed by atoms with Crippen molar-refractivity contribution in [1.82, 2.24) is 5.32 Å². The number of nitro groups is 1. The molecule has 0 aromatic heterocycles. The number of nitro benzene ring substituents is 1. The molecule has 0 heterocycles. The molecule has 0 aliphatic rings. The van der Waals surface area contributed by atoms with Gasteiger partial charge in [-0.1, -0.05) is 23.7 Å². The summed E-state index contributed by atoms with van der Waals surface area (Å²) in [6.07, 6.45) is 0.947. The van der Waals surface area contributed by atoms with Crippen LogP contribution in [0, 0.1) is 10.1 Å². The second kappa shape index (κ2) is 13.3. The van der Waals surface area contributed by atoms with Crippen molar-refractivity contribution >= 4 is 39.1 Å². The maximum atomic E-state index is 10.7. The average Bonchev–Trinajstić information content (AvgIpc) is 2.72. The van der Waals surface area contributed by atoms with Crippen molar-refractivity contribution in [3.05, 3.63) is 63.2 Å². The quantitative estimate of drug-likeness (QED) is 0.0994. The summed E-state index contributed by atoms with van der Waals surface area (Å²) in [5.74, 6) is 0. The topological polar surface area (TPSA) is 146 Å². The van der Waals surface area contributed by atoms with Gasteiger partial charge < -0.3 is 14.4 Å². The second-order valence-electron chi connectivity index (χ2n) is 7.85. The number of quaternary nitrogens is 1. The Bertz CT molecular complexity index is 1040. The summed E-state index contributed by atoms with van der Waals surface area (Å²) in [6.45, 7) is 3.01. The third kappa shape index (κ3) is 13.0. The van der Waals surface area contributed by atoms with Crippen molar-refractivity contribution in [1.29, 1.82) is 0 Å². The summed E-state index contributed by atoms with van der Waals surface area (Å²) in [6, 6.07) is 11.9. The lowest BCUT2D eigenvalue weighted by Crippen LogP contribution is -2.40. The third-order valence-electron chi connectivity index (χ3n) is 4.11. The monoisotopic (exact) mass is 501 g/mol. The number of likely N-dealkylation sites (N-methyl/N-ethyl adjacent to an activating group) is 1. The van der Waals surface area contributed by atoms with Gasteiger partial charge in [-0.3, -0.25) is 14.3 Å². The highest BCUT2D eigenvalue weighted by Crippen LogP contribution is 2.30. The summed E-state index contributed by atoms with van der Waals surface area (Å²) in [5, 5.41) is 22.6. The SMILES string of the molecule is COS(=O)(=O)[O-].C[N+](C)(C)CCNCCc1ccc(N=Nc2ccc([N+](=O)[O-])cc2Cl)cc1. The summed E-state index contributed by atoms with van der Waals surface area (Å²) < 4.78 is 32.0. The Balaban J connectivity index is 0.000000801. The first-order chi connectivity index (χ1) is 15.3. The number of hydrogen-bond acceptors (Lipinski definition) is 9. The van der Waals surface area contributed by atoms with E-state index in [0.717, 1.165) is 37.6 Å². The van der Waals surface area contributed by atoms with Crippen LogP contribution in [-0.4, -0.2) is 70.3 Å². The van der Waals surface area contributed by atoms with Crippen LogP contribution in [-0.2, 0) is 21.0 Å². The molecule has 0 fully saturated rings. The van der Waals surface area contributed by atoms with E-state index in [1.54, 1.807) is 0 Å². The number of hydrogen-bond donors (Lipinski definition) is 1. The molecule has 0 spiro atoms. The fourth-order valence-corrected chi connectivity index (χ4v) is 2.52. The molecule has 0 atom stereocenters. The number of halogens is 1. The van der Waals surface area contributed by atoms with Crippen LogP contribution in [0.25, 0.3) is 0 Å². The zero-order valence-corrected chi connectivity index (χ0v) is 20.5. The van der Waals surface area contributed by atoms with Gasteiger partial charge in [0, 0.05) is 18.7 Å². The molecule has 182 valence electrons. The number of nitrogens with zero attached hydrogens (tertiary/aromatic N) is 4. The number of nitrogens with one attached hydrogen (secondary N) is 1. The Kier molecular flexibility index (Phi) is 11.5. The number of rotatable bonds is 10. The molecule has 11 nitrogen and oxygen atoms in total. The smallest absolute Gasteiger partial charge is 0.271 e. The summed E-state index contributed by atoms with van der Waals surface area (Å²) >= 11 is 6.01. The van der Waals surface area contributed by atoms with Crippen molar-refractivity contribution in [3.8, 4) is 0 Å². The lowest BCUT2D eigenvalue weighted by atomic mass is 10.1. The maximum absolute atomic E-state index is 10.7. The number of azo groups is 1. The predicted molar refractivity (Wildman–Crippen MR) is 125 cm³/mol. The largest absolute Gasteiger partial charge is 0.726 e. The highest BCUT2D eigenvalue weighted by Gasteiger charge is 2.09. The van der Waals surface area contributed by atoms with E-state index in [0.29, 0.717) is 11.4 Å². The lowest BCUT2D eigenvalue weighted by molar-refractivity contribution is -0.869. The molecule has 0 saturated carbocycles. The third-order valence-corrected chi connectivity index (χ3v) is 4.82.